The van der Waals surface area contributed by atoms with E-state index in [1.54, 1.807) is 0 Å². The maximum atomic E-state index is 5.37. The summed E-state index contributed by atoms with van der Waals surface area (Å²) in [5.74, 6) is 0.668. The highest BCUT2D eigenvalue weighted by Crippen LogP contribution is 2.21. The van der Waals surface area contributed by atoms with E-state index < -0.39 is 8.07 Å². The summed E-state index contributed by atoms with van der Waals surface area (Å²) < 4.78 is 5.37. The van der Waals surface area contributed by atoms with Crippen molar-refractivity contribution in [3.8, 4) is 0 Å². The first-order valence-electron chi connectivity index (χ1n) is 4.28. The first-order chi connectivity index (χ1) is 4.99. The van der Waals surface area contributed by atoms with Gasteiger partial charge < -0.3 is 4.74 Å². The van der Waals surface area contributed by atoms with E-state index in [1.165, 1.54) is 5.57 Å². The minimum Gasteiger partial charge on any atom is -0.377 e. The fraction of sp³-hybridized carbons (Fsp3) is 0.778. The third kappa shape index (κ3) is 2.79. The molecule has 0 aliphatic carbocycles. The molecule has 0 bridgehead atoms. The Kier molecular flexibility index (Phi) is 2.55. The molecule has 11 heavy (non-hydrogen) atoms. The molecular weight excluding hydrogens is 152 g/mol. The average molecular weight is 170 g/mol. The van der Waals surface area contributed by atoms with Crippen LogP contribution < -0.4 is 0 Å². The zero-order chi connectivity index (χ0) is 8.48. The van der Waals surface area contributed by atoms with Gasteiger partial charge in [-0.2, -0.15) is 0 Å². The van der Waals surface area contributed by atoms with Crippen LogP contribution in [0.15, 0.2) is 11.3 Å². The predicted octanol–water partition coefficient (Wildman–Crippen LogP) is 2.46. The zero-order valence-electron chi connectivity index (χ0n) is 7.98. The fourth-order valence-corrected chi connectivity index (χ4v) is 2.82. The third-order valence-electron chi connectivity index (χ3n) is 1.89. The Balaban J connectivity index is 2.65. The summed E-state index contributed by atoms with van der Waals surface area (Å²) in [6.45, 7) is 11.2. The molecule has 0 saturated carbocycles. The number of ether oxygens (including phenoxy) is 1. The van der Waals surface area contributed by atoms with Gasteiger partial charge in [0, 0.05) is 5.92 Å². The molecule has 0 aromatic rings. The van der Waals surface area contributed by atoms with Crippen molar-refractivity contribution < 1.29 is 4.74 Å². The van der Waals surface area contributed by atoms with Gasteiger partial charge in [0.05, 0.1) is 21.3 Å². The molecule has 0 N–H and O–H groups in total. The van der Waals surface area contributed by atoms with Crippen LogP contribution in [-0.2, 0) is 4.74 Å². The van der Waals surface area contributed by atoms with E-state index in [1.807, 2.05) is 0 Å². The lowest BCUT2D eigenvalue weighted by atomic mass is 10.1. The standard InChI is InChI=1S/C9H18OSi/c1-8-5-10-6-9(8)7-11(2,3)4/h7-8H,5-6H2,1-4H3/b9-7+. The Bertz CT molecular complexity index is 167. The van der Waals surface area contributed by atoms with Gasteiger partial charge in [0.2, 0.25) is 0 Å². The van der Waals surface area contributed by atoms with Crippen molar-refractivity contribution >= 4 is 8.07 Å². The lowest BCUT2D eigenvalue weighted by Gasteiger charge is -2.12. The van der Waals surface area contributed by atoms with Gasteiger partial charge in [-0.15, -0.1) is 0 Å². The molecule has 1 fully saturated rings. The molecule has 64 valence electrons. The van der Waals surface area contributed by atoms with Crippen LogP contribution >= 0.6 is 0 Å². The molecule has 1 unspecified atom stereocenters. The molecule has 2 heteroatoms. The molecule has 0 amide bonds. The van der Waals surface area contributed by atoms with E-state index in [0.717, 1.165) is 13.2 Å². The highest BCUT2D eigenvalue weighted by Gasteiger charge is 2.19. The molecule has 0 radical (unpaired) electrons. The van der Waals surface area contributed by atoms with Gasteiger partial charge in [0.15, 0.2) is 0 Å². The van der Waals surface area contributed by atoms with Gasteiger partial charge in [-0.3, -0.25) is 0 Å². The minimum atomic E-state index is -1.01. The van der Waals surface area contributed by atoms with Crippen LogP contribution in [0.2, 0.25) is 19.6 Å². The predicted molar refractivity (Wildman–Crippen MR) is 51.4 cm³/mol. The number of rotatable bonds is 1. The van der Waals surface area contributed by atoms with Crippen LogP contribution in [0.1, 0.15) is 6.92 Å². The molecule has 1 saturated heterocycles. The molecule has 0 aromatic carbocycles. The van der Waals surface area contributed by atoms with Crippen molar-refractivity contribution in [1.29, 1.82) is 0 Å². The van der Waals surface area contributed by atoms with E-state index in [0.29, 0.717) is 5.92 Å². The molecule has 0 aromatic heterocycles. The topological polar surface area (TPSA) is 9.23 Å². The van der Waals surface area contributed by atoms with Gasteiger partial charge in [0.25, 0.3) is 0 Å². The summed E-state index contributed by atoms with van der Waals surface area (Å²) in [6, 6.07) is 0. The lowest BCUT2D eigenvalue weighted by molar-refractivity contribution is 0.191. The first kappa shape index (κ1) is 9.01. The lowest BCUT2D eigenvalue weighted by Crippen LogP contribution is -2.18. The smallest absolute Gasteiger partial charge is 0.0687 e. The molecule has 1 aliphatic heterocycles. The SMILES string of the molecule is CC1COC/C1=C\[Si](C)(C)C. The molecule has 1 aliphatic rings. The summed E-state index contributed by atoms with van der Waals surface area (Å²) in [5, 5.41) is 0. The van der Waals surface area contributed by atoms with Crippen LogP contribution in [-0.4, -0.2) is 21.3 Å². The van der Waals surface area contributed by atoms with Gasteiger partial charge in [-0.25, -0.2) is 0 Å². The van der Waals surface area contributed by atoms with E-state index in [9.17, 15) is 0 Å². The van der Waals surface area contributed by atoms with E-state index in [4.69, 9.17) is 4.74 Å². The van der Waals surface area contributed by atoms with Crippen molar-refractivity contribution in [3.63, 3.8) is 0 Å². The first-order valence-corrected chi connectivity index (χ1v) is 7.86. The second-order valence-corrected chi connectivity index (χ2v) is 9.52. The molecule has 1 atom stereocenters. The zero-order valence-corrected chi connectivity index (χ0v) is 8.98. The Morgan fingerprint density at radius 1 is 1.45 bits per heavy atom. The number of hydrogen-bond acceptors (Lipinski definition) is 1. The third-order valence-corrected chi connectivity index (χ3v) is 3.12. The Labute approximate surface area is 70.5 Å². The summed E-state index contributed by atoms with van der Waals surface area (Å²) in [7, 11) is -1.01. The van der Waals surface area contributed by atoms with Gasteiger partial charge in [-0.05, 0) is 5.57 Å². The van der Waals surface area contributed by atoms with Crippen molar-refractivity contribution in [2.24, 2.45) is 5.92 Å². The molecule has 0 spiro atoms. The minimum absolute atomic E-state index is 0.668. The summed E-state index contributed by atoms with van der Waals surface area (Å²) in [4.78, 5) is 0. The van der Waals surface area contributed by atoms with E-state index >= 15 is 0 Å². The van der Waals surface area contributed by atoms with Crippen molar-refractivity contribution in [2.75, 3.05) is 13.2 Å². The summed E-state index contributed by atoms with van der Waals surface area (Å²) >= 11 is 0. The highest BCUT2D eigenvalue weighted by atomic mass is 28.3. The van der Waals surface area contributed by atoms with Crippen LogP contribution in [0.4, 0.5) is 0 Å². The van der Waals surface area contributed by atoms with Crippen molar-refractivity contribution in [1.82, 2.24) is 0 Å². The Hall–Kier alpha value is -0.0831. The van der Waals surface area contributed by atoms with E-state index in [-0.39, 0.29) is 0 Å². The quantitative estimate of drug-likeness (QED) is 0.549. The van der Waals surface area contributed by atoms with E-state index in [2.05, 4.69) is 32.3 Å². The van der Waals surface area contributed by atoms with Crippen LogP contribution in [0, 0.1) is 5.92 Å². The second kappa shape index (κ2) is 3.11. The van der Waals surface area contributed by atoms with Crippen molar-refractivity contribution in [2.45, 2.75) is 26.6 Å². The van der Waals surface area contributed by atoms with Gasteiger partial charge in [0.1, 0.15) is 0 Å². The second-order valence-electron chi connectivity index (χ2n) is 4.50. The van der Waals surface area contributed by atoms with Crippen LogP contribution in [0.3, 0.4) is 0 Å². The van der Waals surface area contributed by atoms with Gasteiger partial charge in [-0.1, -0.05) is 32.3 Å². The van der Waals surface area contributed by atoms with Gasteiger partial charge >= 0.3 is 0 Å². The molecule has 1 heterocycles. The summed E-state index contributed by atoms with van der Waals surface area (Å²) in [5.41, 5.74) is 4.01. The molecule has 1 nitrogen and oxygen atoms in total. The molecule has 1 rings (SSSR count). The fourth-order valence-electron chi connectivity index (χ4n) is 1.34. The normalized spacial score (nSPS) is 29.8. The van der Waals surface area contributed by atoms with Crippen molar-refractivity contribution in [3.05, 3.63) is 11.3 Å². The molecular formula is C9H18OSi. The highest BCUT2D eigenvalue weighted by molar-refractivity contribution is 6.81. The average Bonchev–Trinajstić information content (AvgIpc) is 2.12. The maximum Gasteiger partial charge on any atom is 0.0687 e. The maximum absolute atomic E-state index is 5.37. The Morgan fingerprint density at radius 3 is 2.45 bits per heavy atom. The van der Waals surface area contributed by atoms with Crippen LogP contribution in [0.5, 0.6) is 0 Å². The number of hydrogen-bond donors (Lipinski definition) is 0. The Morgan fingerprint density at radius 2 is 2.09 bits per heavy atom. The largest absolute Gasteiger partial charge is 0.377 e. The summed E-state index contributed by atoms with van der Waals surface area (Å²) in [6.07, 6.45) is 0. The van der Waals surface area contributed by atoms with Crippen LogP contribution in [0.25, 0.3) is 0 Å². The monoisotopic (exact) mass is 170 g/mol.